The SMILES string of the molecule is COc1ccc(S(=O)(=O)N2CCCC(n3cnc(C(=O)N4CCN(C(=O)O)C[C@H]4Cc4ccccc4)c3-c3ccccc3)C2)c(OC)c1. The molecule has 0 radical (unpaired) electrons. The minimum Gasteiger partial charge on any atom is -0.497 e. The predicted molar refractivity (Wildman–Crippen MR) is 179 cm³/mol. The van der Waals surface area contributed by atoms with Crippen molar-refractivity contribution < 1.29 is 32.6 Å². The highest BCUT2D eigenvalue weighted by Gasteiger charge is 2.38. The summed E-state index contributed by atoms with van der Waals surface area (Å²) < 4.78 is 42.0. The lowest BCUT2D eigenvalue weighted by molar-refractivity contribution is 0.0447. The van der Waals surface area contributed by atoms with Crippen molar-refractivity contribution in [2.75, 3.05) is 46.9 Å². The van der Waals surface area contributed by atoms with Gasteiger partial charge in [-0.3, -0.25) is 4.79 Å². The van der Waals surface area contributed by atoms with E-state index >= 15 is 0 Å². The number of carbonyl (C=O) groups excluding carboxylic acids is 1. The van der Waals surface area contributed by atoms with E-state index in [-0.39, 0.29) is 54.5 Å². The molecule has 13 heteroatoms. The Hall–Kier alpha value is -4.88. The van der Waals surface area contributed by atoms with Crippen molar-refractivity contribution in [1.29, 1.82) is 0 Å². The Morgan fingerprint density at radius 3 is 2.33 bits per heavy atom. The largest absolute Gasteiger partial charge is 0.497 e. The molecule has 4 aromatic rings. The summed E-state index contributed by atoms with van der Waals surface area (Å²) in [5.74, 6) is 0.396. The van der Waals surface area contributed by atoms with Gasteiger partial charge in [-0.2, -0.15) is 4.31 Å². The first-order valence-electron chi connectivity index (χ1n) is 15.9. The van der Waals surface area contributed by atoms with E-state index in [0.717, 1.165) is 11.1 Å². The highest BCUT2D eigenvalue weighted by molar-refractivity contribution is 7.89. The van der Waals surface area contributed by atoms with E-state index < -0.39 is 22.2 Å². The van der Waals surface area contributed by atoms with E-state index in [9.17, 15) is 23.1 Å². The van der Waals surface area contributed by atoms with Gasteiger partial charge in [0.1, 0.15) is 16.4 Å². The number of imidazole rings is 1. The number of piperazine rings is 1. The summed E-state index contributed by atoms with van der Waals surface area (Å²) in [6.45, 7) is 1.11. The van der Waals surface area contributed by atoms with E-state index in [1.54, 1.807) is 23.4 Å². The van der Waals surface area contributed by atoms with Crippen molar-refractivity contribution in [2.45, 2.75) is 36.2 Å². The number of ether oxygens (including phenoxy) is 2. The number of carbonyl (C=O) groups is 2. The Morgan fingerprint density at radius 1 is 0.917 bits per heavy atom. The standard InChI is InChI=1S/C35H39N5O7S/c1-46-29-15-16-31(30(21-29)47-2)48(44,45)38-17-9-14-27(23-38)40-24-36-32(33(40)26-12-7-4-8-13-26)34(41)39-19-18-37(35(42)43)22-28(39)20-25-10-5-3-6-11-25/h3-8,10-13,15-16,21,24,27-28H,9,14,17-20,22-23H2,1-2H3,(H,42,43)/t27?,28-/m1/s1. The molecule has 2 aliphatic heterocycles. The average Bonchev–Trinajstić information content (AvgIpc) is 3.57. The molecule has 12 nitrogen and oxygen atoms in total. The third-order valence-electron chi connectivity index (χ3n) is 9.11. The first-order chi connectivity index (χ1) is 23.2. The van der Waals surface area contributed by atoms with Crippen LogP contribution in [0.5, 0.6) is 11.5 Å². The van der Waals surface area contributed by atoms with Crippen LogP contribution < -0.4 is 9.47 Å². The van der Waals surface area contributed by atoms with Crippen LogP contribution in [0.4, 0.5) is 4.79 Å². The monoisotopic (exact) mass is 673 g/mol. The number of nitrogens with zero attached hydrogens (tertiary/aromatic N) is 5. The van der Waals surface area contributed by atoms with Crippen LogP contribution in [0.2, 0.25) is 0 Å². The molecule has 3 heterocycles. The highest BCUT2D eigenvalue weighted by atomic mass is 32.2. The van der Waals surface area contributed by atoms with E-state index in [0.29, 0.717) is 37.3 Å². The Balaban J connectivity index is 1.34. The summed E-state index contributed by atoms with van der Waals surface area (Å²) in [7, 11) is -1.00. The lowest BCUT2D eigenvalue weighted by Crippen LogP contribution is -2.57. The molecule has 2 fully saturated rings. The number of carboxylic acid groups (broad SMARTS) is 1. The van der Waals surface area contributed by atoms with Crippen molar-refractivity contribution in [3.63, 3.8) is 0 Å². The van der Waals surface area contributed by atoms with Gasteiger partial charge >= 0.3 is 6.09 Å². The third-order valence-corrected chi connectivity index (χ3v) is 11.0. The van der Waals surface area contributed by atoms with E-state index in [4.69, 9.17) is 9.47 Å². The van der Waals surface area contributed by atoms with Crippen LogP contribution in [0.3, 0.4) is 0 Å². The molecule has 3 aromatic carbocycles. The maximum Gasteiger partial charge on any atom is 0.407 e. The molecule has 48 heavy (non-hydrogen) atoms. The van der Waals surface area contributed by atoms with Gasteiger partial charge in [0.05, 0.1) is 32.3 Å². The number of benzene rings is 3. The number of hydrogen-bond acceptors (Lipinski definition) is 7. The summed E-state index contributed by atoms with van der Waals surface area (Å²) in [6.07, 6.45) is 2.39. The lowest BCUT2D eigenvalue weighted by atomic mass is 10.0. The maximum absolute atomic E-state index is 14.5. The Bertz CT molecular complexity index is 1870. The van der Waals surface area contributed by atoms with E-state index in [1.807, 2.05) is 65.2 Å². The maximum atomic E-state index is 14.5. The molecular weight excluding hydrogens is 634 g/mol. The summed E-state index contributed by atoms with van der Waals surface area (Å²) >= 11 is 0. The molecule has 2 amide bonds. The van der Waals surface area contributed by atoms with Crippen LogP contribution in [-0.2, 0) is 16.4 Å². The number of piperidine rings is 1. The summed E-state index contributed by atoms with van der Waals surface area (Å²) in [6, 6.07) is 23.1. The number of methoxy groups -OCH3 is 2. The molecule has 1 aromatic heterocycles. The first-order valence-corrected chi connectivity index (χ1v) is 17.3. The second kappa shape index (κ2) is 14.1. The first kappa shape index (κ1) is 33.0. The highest BCUT2D eigenvalue weighted by Crippen LogP contribution is 2.36. The van der Waals surface area contributed by atoms with Crippen LogP contribution in [0.15, 0.2) is 90.1 Å². The minimum absolute atomic E-state index is 0.0567. The van der Waals surface area contributed by atoms with Crippen LogP contribution in [0.25, 0.3) is 11.3 Å². The van der Waals surface area contributed by atoms with Gasteiger partial charge in [0.25, 0.3) is 5.91 Å². The zero-order valence-corrected chi connectivity index (χ0v) is 27.8. The molecule has 0 spiro atoms. The van der Waals surface area contributed by atoms with Crippen molar-refractivity contribution in [2.24, 2.45) is 0 Å². The molecule has 1 N–H and O–H groups in total. The van der Waals surface area contributed by atoms with E-state index in [2.05, 4.69) is 4.98 Å². The predicted octanol–water partition coefficient (Wildman–Crippen LogP) is 4.64. The zero-order chi connectivity index (χ0) is 33.8. The van der Waals surface area contributed by atoms with Gasteiger partial charge in [-0.25, -0.2) is 18.2 Å². The molecule has 0 aliphatic carbocycles. The van der Waals surface area contributed by atoms with Crippen molar-refractivity contribution in [3.05, 3.63) is 96.4 Å². The zero-order valence-electron chi connectivity index (χ0n) is 26.9. The summed E-state index contributed by atoms with van der Waals surface area (Å²) in [4.78, 5) is 34.2. The number of amides is 2. The molecule has 2 atom stereocenters. The summed E-state index contributed by atoms with van der Waals surface area (Å²) in [5.41, 5.74) is 2.63. The Kier molecular flexibility index (Phi) is 9.69. The second-order valence-electron chi connectivity index (χ2n) is 12.0. The van der Waals surface area contributed by atoms with Crippen molar-refractivity contribution >= 4 is 22.0 Å². The molecule has 0 bridgehead atoms. The second-order valence-corrected chi connectivity index (χ2v) is 13.9. The smallest absolute Gasteiger partial charge is 0.407 e. The molecule has 6 rings (SSSR count). The lowest BCUT2D eigenvalue weighted by Gasteiger charge is -2.40. The fourth-order valence-corrected chi connectivity index (χ4v) is 8.32. The molecule has 252 valence electrons. The van der Waals surface area contributed by atoms with Crippen molar-refractivity contribution in [3.8, 4) is 22.8 Å². The number of aromatic nitrogens is 2. The fraction of sp³-hybridized carbons (Fsp3) is 0.343. The molecule has 2 saturated heterocycles. The van der Waals surface area contributed by atoms with Crippen LogP contribution in [0, 0.1) is 0 Å². The van der Waals surface area contributed by atoms with Gasteiger partial charge in [-0.1, -0.05) is 60.7 Å². The number of sulfonamides is 1. The topological polar surface area (TPSA) is 135 Å². The van der Waals surface area contributed by atoms with Crippen LogP contribution >= 0.6 is 0 Å². The van der Waals surface area contributed by atoms with Gasteiger partial charge in [-0.15, -0.1) is 0 Å². The van der Waals surface area contributed by atoms with Crippen molar-refractivity contribution in [1.82, 2.24) is 23.7 Å². The van der Waals surface area contributed by atoms with Gasteiger partial charge in [-0.05, 0) is 37.0 Å². The Labute approximate surface area is 280 Å². The van der Waals surface area contributed by atoms with E-state index in [1.165, 1.54) is 29.5 Å². The third kappa shape index (κ3) is 6.60. The quantitative estimate of drug-likeness (QED) is 0.272. The van der Waals surface area contributed by atoms with Gasteiger partial charge in [0.2, 0.25) is 10.0 Å². The number of rotatable bonds is 9. The molecule has 1 unspecified atom stereocenters. The minimum atomic E-state index is -3.93. The molecular formula is C35H39N5O7S. The van der Waals surface area contributed by atoms with Gasteiger partial charge in [0, 0.05) is 50.4 Å². The summed E-state index contributed by atoms with van der Waals surface area (Å²) in [5, 5.41) is 9.76. The average molecular weight is 674 g/mol. The van der Waals surface area contributed by atoms with Crippen LogP contribution in [-0.4, -0.2) is 102 Å². The van der Waals surface area contributed by atoms with Gasteiger partial charge < -0.3 is 28.9 Å². The normalized spacial score (nSPS) is 18.8. The Morgan fingerprint density at radius 2 is 1.65 bits per heavy atom. The van der Waals surface area contributed by atoms with Gasteiger partial charge in [0.15, 0.2) is 5.69 Å². The fourth-order valence-electron chi connectivity index (χ4n) is 6.66. The molecule has 0 saturated carbocycles. The molecule has 2 aliphatic rings. The number of hydrogen-bond donors (Lipinski definition) is 1. The van der Waals surface area contributed by atoms with Crippen LogP contribution in [0.1, 0.15) is 34.9 Å².